The first-order chi connectivity index (χ1) is 15.5. The molecule has 4 rings (SSSR count). The van der Waals surface area contributed by atoms with E-state index in [1.807, 2.05) is 24.3 Å². The SMILES string of the molecule is COc1ccc(-c2cnc(CCC(=O)N3CCC(C(=O)Nc4cc(C)on4)CC3)o2)cc1. The van der Waals surface area contributed by atoms with Gasteiger partial charge in [-0.05, 0) is 44.0 Å². The zero-order valence-electron chi connectivity index (χ0n) is 18.2. The molecule has 0 saturated carbocycles. The fraction of sp³-hybridized carbons (Fsp3) is 0.391. The molecule has 1 saturated heterocycles. The predicted molar refractivity (Wildman–Crippen MR) is 116 cm³/mol. The fourth-order valence-corrected chi connectivity index (χ4v) is 3.73. The molecule has 0 bridgehead atoms. The van der Waals surface area contributed by atoms with Gasteiger partial charge >= 0.3 is 0 Å². The minimum absolute atomic E-state index is 0.0418. The predicted octanol–water partition coefficient (Wildman–Crippen LogP) is 3.46. The standard InChI is InChI=1S/C23H26N4O5/c1-15-13-20(26-32-15)25-23(29)17-9-11-27(12-10-17)22(28)8-7-21-24-14-19(31-21)16-3-5-18(30-2)6-4-16/h3-6,13-14,17H,7-12H2,1-2H3,(H,25,26,29). The molecule has 0 unspecified atom stereocenters. The number of methoxy groups -OCH3 is 1. The van der Waals surface area contributed by atoms with Crippen LogP contribution < -0.4 is 10.1 Å². The second-order valence-electron chi connectivity index (χ2n) is 7.81. The van der Waals surface area contributed by atoms with Crippen molar-refractivity contribution in [2.75, 3.05) is 25.5 Å². The van der Waals surface area contributed by atoms with Gasteiger partial charge in [-0.15, -0.1) is 0 Å². The monoisotopic (exact) mass is 438 g/mol. The minimum atomic E-state index is -0.144. The Hall–Kier alpha value is -3.62. The van der Waals surface area contributed by atoms with Crippen LogP contribution in [0.4, 0.5) is 5.82 Å². The van der Waals surface area contributed by atoms with Gasteiger partial charge in [-0.2, -0.15) is 0 Å². The number of likely N-dealkylation sites (tertiary alicyclic amines) is 1. The maximum absolute atomic E-state index is 12.6. The number of benzene rings is 1. The Morgan fingerprint density at radius 1 is 1.22 bits per heavy atom. The molecule has 2 aromatic heterocycles. The number of hydrogen-bond acceptors (Lipinski definition) is 7. The number of ether oxygens (including phenoxy) is 1. The van der Waals surface area contributed by atoms with Crippen LogP contribution in [0.15, 0.2) is 45.5 Å². The lowest BCUT2D eigenvalue weighted by Crippen LogP contribution is -2.41. The van der Waals surface area contributed by atoms with E-state index in [2.05, 4.69) is 15.5 Å². The van der Waals surface area contributed by atoms with Crippen molar-refractivity contribution in [3.8, 4) is 17.1 Å². The molecule has 0 radical (unpaired) electrons. The van der Waals surface area contributed by atoms with Gasteiger partial charge in [0.05, 0.1) is 13.3 Å². The van der Waals surface area contributed by atoms with Gasteiger partial charge in [-0.25, -0.2) is 4.98 Å². The lowest BCUT2D eigenvalue weighted by Gasteiger charge is -2.31. The Bertz CT molecular complexity index is 1060. The molecule has 3 heterocycles. The molecule has 0 atom stereocenters. The van der Waals surface area contributed by atoms with E-state index in [9.17, 15) is 9.59 Å². The Labute approximate surface area is 185 Å². The van der Waals surface area contributed by atoms with E-state index < -0.39 is 0 Å². The van der Waals surface area contributed by atoms with Crippen LogP contribution >= 0.6 is 0 Å². The van der Waals surface area contributed by atoms with E-state index in [4.69, 9.17) is 13.7 Å². The van der Waals surface area contributed by atoms with Crippen molar-refractivity contribution < 1.29 is 23.3 Å². The maximum atomic E-state index is 12.6. The molecule has 1 aliphatic heterocycles. The number of piperidine rings is 1. The highest BCUT2D eigenvalue weighted by atomic mass is 16.5. The summed E-state index contributed by atoms with van der Waals surface area (Å²) in [5.74, 6) is 2.83. The van der Waals surface area contributed by atoms with Crippen molar-refractivity contribution in [2.45, 2.75) is 32.6 Å². The van der Waals surface area contributed by atoms with Crippen molar-refractivity contribution in [3.63, 3.8) is 0 Å². The van der Waals surface area contributed by atoms with Gasteiger partial charge in [-0.1, -0.05) is 5.16 Å². The molecule has 1 aromatic carbocycles. The molecular weight excluding hydrogens is 412 g/mol. The van der Waals surface area contributed by atoms with Crippen LogP contribution in [0.3, 0.4) is 0 Å². The van der Waals surface area contributed by atoms with Gasteiger partial charge in [-0.3, -0.25) is 9.59 Å². The van der Waals surface area contributed by atoms with Gasteiger partial charge in [0.2, 0.25) is 11.8 Å². The van der Waals surface area contributed by atoms with Crippen LogP contribution in [0.5, 0.6) is 5.75 Å². The van der Waals surface area contributed by atoms with E-state index >= 15 is 0 Å². The third-order valence-corrected chi connectivity index (χ3v) is 5.58. The Morgan fingerprint density at radius 2 is 1.97 bits per heavy atom. The molecule has 9 nitrogen and oxygen atoms in total. The van der Waals surface area contributed by atoms with Crippen LogP contribution in [-0.2, 0) is 16.0 Å². The number of aromatic nitrogens is 2. The van der Waals surface area contributed by atoms with E-state index in [1.54, 1.807) is 31.2 Å². The van der Waals surface area contributed by atoms with Crippen LogP contribution in [0, 0.1) is 12.8 Å². The molecule has 32 heavy (non-hydrogen) atoms. The molecular formula is C23H26N4O5. The first kappa shape index (κ1) is 21.6. The first-order valence-electron chi connectivity index (χ1n) is 10.6. The molecule has 168 valence electrons. The number of oxazole rings is 1. The average Bonchev–Trinajstić information content (AvgIpc) is 3.46. The summed E-state index contributed by atoms with van der Waals surface area (Å²) >= 11 is 0. The van der Waals surface area contributed by atoms with Crippen molar-refractivity contribution in [3.05, 3.63) is 48.2 Å². The molecule has 0 spiro atoms. The van der Waals surface area contributed by atoms with Crippen molar-refractivity contribution in [1.82, 2.24) is 15.0 Å². The lowest BCUT2D eigenvalue weighted by molar-refractivity contribution is -0.134. The third kappa shape index (κ3) is 5.16. The number of anilines is 1. The number of nitrogens with zero attached hydrogens (tertiary/aromatic N) is 3. The number of carbonyl (C=O) groups is 2. The third-order valence-electron chi connectivity index (χ3n) is 5.58. The zero-order chi connectivity index (χ0) is 22.5. The fourth-order valence-electron chi connectivity index (χ4n) is 3.73. The van der Waals surface area contributed by atoms with Gasteiger partial charge in [0.25, 0.3) is 0 Å². The molecule has 0 aliphatic carbocycles. The molecule has 1 fully saturated rings. The topological polar surface area (TPSA) is 111 Å². The van der Waals surface area contributed by atoms with Gasteiger partial charge < -0.3 is 23.9 Å². The number of carbonyl (C=O) groups excluding carboxylic acids is 2. The molecule has 9 heteroatoms. The van der Waals surface area contributed by atoms with Crippen molar-refractivity contribution in [2.24, 2.45) is 5.92 Å². The highest BCUT2D eigenvalue weighted by Crippen LogP contribution is 2.24. The smallest absolute Gasteiger partial charge is 0.228 e. The molecule has 1 N–H and O–H groups in total. The Kier molecular flexibility index (Phi) is 6.53. The van der Waals surface area contributed by atoms with Crippen LogP contribution in [0.1, 0.15) is 30.9 Å². The highest BCUT2D eigenvalue weighted by molar-refractivity contribution is 5.91. The molecule has 2 amide bonds. The first-order valence-corrected chi connectivity index (χ1v) is 10.6. The lowest BCUT2D eigenvalue weighted by atomic mass is 9.95. The summed E-state index contributed by atoms with van der Waals surface area (Å²) in [6.45, 7) is 2.87. The second kappa shape index (κ2) is 9.67. The average molecular weight is 438 g/mol. The normalized spacial score (nSPS) is 14.4. The van der Waals surface area contributed by atoms with E-state index in [0.29, 0.717) is 62.0 Å². The Morgan fingerprint density at radius 3 is 2.62 bits per heavy atom. The van der Waals surface area contributed by atoms with Gasteiger partial charge in [0, 0.05) is 43.5 Å². The van der Waals surface area contributed by atoms with Gasteiger partial charge in [0.15, 0.2) is 17.5 Å². The summed E-state index contributed by atoms with van der Waals surface area (Å²) in [5, 5.41) is 6.55. The summed E-state index contributed by atoms with van der Waals surface area (Å²) in [6, 6.07) is 9.20. The summed E-state index contributed by atoms with van der Waals surface area (Å²) in [5.41, 5.74) is 0.900. The summed E-state index contributed by atoms with van der Waals surface area (Å²) in [4.78, 5) is 31.1. The highest BCUT2D eigenvalue weighted by Gasteiger charge is 2.27. The summed E-state index contributed by atoms with van der Waals surface area (Å²) in [6.07, 6.45) is 3.66. The van der Waals surface area contributed by atoms with Gasteiger partial charge in [0.1, 0.15) is 11.5 Å². The summed E-state index contributed by atoms with van der Waals surface area (Å²) < 4.78 is 15.9. The number of aryl methyl sites for hydroxylation is 2. The maximum Gasteiger partial charge on any atom is 0.228 e. The molecule has 3 aromatic rings. The number of hydrogen-bond donors (Lipinski definition) is 1. The van der Waals surface area contributed by atoms with Crippen molar-refractivity contribution >= 4 is 17.6 Å². The number of nitrogens with one attached hydrogen (secondary N) is 1. The Balaban J connectivity index is 1.23. The summed E-state index contributed by atoms with van der Waals surface area (Å²) in [7, 11) is 1.62. The number of rotatable bonds is 7. The number of amides is 2. The van der Waals surface area contributed by atoms with Crippen molar-refractivity contribution in [1.29, 1.82) is 0 Å². The van der Waals surface area contributed by atoms with Crippen LogP contribution in [0.25, 0.3) is 11.3 Å². The quantitative estimate of drug-likeness (QED) is 0.601. The van der Waals surface area contributed by atoms with E-state index in [1.165, 1.54) is 0 Å². The largest absolute Gasteiger partial charge is 0.497 e. The van der Waals surface area contributed by atoms with E-state index in [-0.39, 0.29) is 17.7 Å². The van der Waals surface area contributed by atoms with Crippen LogP contribution in [-0.4, -0.2) is 47.1 Å². The minimum Gasteiger partial charge on any atom is -0.497 e. The van der Waals surface area contributed by atoms with Crippen LogP contribution in [0.2, 0.25) is 0 Å². The van der Waals surface area contributed by atoms with E-state index in [0.717, 1.165) is 11.3 Å². The zero-order valence-corrected chi connectivity index (χ0v) is 18.2. The second-order valence-corrected chi connectivity index (χ2v) is 7.81. The molecule has 1 aliphatic rings.